The Morgan fingerprint density at radius 3 is 2.54 bits per heavy atom. The van der Waals surface area contributed by atoms with Crippen molar-refractivity contribution >= 4 is 39.1 Å². The second kappa shape index (κ2) is 10.4. The fourth-order valence-corrected chi connectivity index (χ4v) is 4.66. The van der Waals surface area contributed by atoms with Crippen molar-refractivity contribution < 1.29 is 18.0 Å². The number of benzene rings is 1. The van der Waals surface area contributed by atoms with Crippen LogP contribution in [0.4, 0.5) is 29.5 Å². The van der Waals surface area contributed by atoms with Crippen LogP contribution in [0.3, 0.4) is 0 Å². The molecule has 1 aliphatic heterocycles. The highest BCUT2D eigenvalue weighted by molar-refractivity contribution is 9.10. The zero-order valence-electron chi connectivity index (χ0n) is 19.5. The van der Waals surface area contributed by atoms with Gasteiger partial charge in [0.05, 0.1) is 16.2 Å². The molecule has 12 heteroatoms. The fraction of sp³-hybridized carbons (Fsp3) is 0.280. The van der Waals surface area contributed by atoms with Crippen LogP contribution >= 0.6 is 15.9 Å². The summed E-state index contributed by atoms with van der Waals surface area (Å²) in [6.45, 7) is 1.58. The molecule has 4 heterocycles. The van der Waals surface area contributed by atoms with Gasteiger partial charge in [0, 0.05) is 55.4 Å². The number of anilines is 2. The Balaban J connectivity index is 1.25. The Kier molecular flexibility index (Phi) is 7.00. The van der Waals surface area contributed by atoms with Gasteiger partial charge in [-0.15, -0.1) is 0 Å². The maximum Gasteiger partial charge on any atom is 0.416 e. The molecule has 0 saturated carbocycles. The van der Waals surface area contributed by atoms with E-state index >= 15 is 0 Å². The van der Waals surface area contributed by atoms with Crippen LogP contribution in [0.5, 0.6) is 0 Å². The number of carbonyl (C=O) groups is 1. The Hall–Kier alpha value is -3.67. The van der Waals surface area contributed by atoms with Gasteiger partial charge in [0.15, 0.2) is 5.65 Å². The van der Waals surface area contributed by atoms with Gasteiger partial charge < -0.3 is 15.5 Å². The molecule has 1 aromatic carbocycles. The third-order valence-corrected chi connectivity index (χ3v) is 6.87. The van der Waals surface area contributed by atoms with E-state index in [1.807, 2.05) is 18.2 Å². The van der Waals surface area contributed by atoms with E-state index in [9.17, 15) is 18.0 Å². The first-order valence-corrected chi connectivity index (χ1v) is 12.5. The number of piperidine rings is 1. The van der Waals surface area contributed by atoms with Gasteiger partial charge in [0.2, 0.25) is 0 Å². The monoisotopic (exact) mass is 573 g/mol. The number of aromatic nitrogens is 4. The van der Waals surface area contributed by atoms with E-state index in [1.54, 1.807) is 28.0 Å². The summed E-state index contributed by atoms with van der Waals surface area (Å²) in [5.74, 6) is 0.942. The minimum atomic E-state index is -4.41. The van der Waals surface area contributed by atoms with E-state index < -0.39 is 11.7 Å². The average Bonchev–Trinajstić information content (AvgIpc) is 3.28. The number of alkyl halides is 3. The summed E-state index contributed by atoms with van der Waals surface area (Å²) in [6.07, 6.45) is 2.23. The van der Waals surface area contributed by atoms with E-state index in [4.69, 9.17) is 4.98 Å². The average molecular weight is 574 g/mol. The van der Waals surface area contributed by atoms with Gasteiger partial charge in [-0.3, -0.25) is 4.98 Å². The molecule has 0 radical (unpaired) electrons. The van der Waals surface area contributed by atoms with Crippen LogP contribution in [0.2, 0.25) is 0 Å². The molecular weight excluding hydrogens is 551 g/mol. The summed E-state index contributed by atoms with van der Waals surface area (Å²) < 4.78 is 40.8. The van der Waals surface area contributed by atoms with E-state index in [1.165, 1.54) is 12.1 Å². The molecule has 4 aromatic rings. The molecule has 1 saturated heterocycles. The lowest BCUT2D eigenvalue weighted by molar-refractivity contribution is -0.137. The summed E-state index contributed by atoms with van der Waals surface area (Å²) in [7, 11) is 0. The molecule has 2 amide bonds. The van der Waals surface area contributed by atoms with Crippen LogP contribution in [0.15, 0.2) is 65.5 Å². The van der Waals surface area contributed by atoms with Crippen molar-refractivity contribution in [2.45, 2.75) is 31.5 Å². The highest BCUT2D eigenvalue weighted by Crippen LogP contribution is 2.32. The molecule has 1 fully saturated rings. The van der Waals surface area contributed by atoms with E-state index in [0.717, 1.165) is 33.7 Å². The predicted molar refractivity (Wildman–Crippen MR) is 136 cm³/mol. The van der Waals surface area contributed by atoms with Gasteiger partial charge in [-0.05, 0) is 64.7 Å². The quantitative estimate of drug-likeness (QED) is 0.309. The first-order valence-electron chi connectivity index (χ1n) is 11.7. The molecule has 0 unspecified atom stereocenters. The minimum Gasteiger partial charge on any atom is -0.366 e. The summed E-state index contributed by atoms with van der Waals surface area (Å²) in [4.78, 5) is 23.3. The van der Waals surface area contributed by atoms with E-state index in [2.05, 4.69) is 36.6 Å². The Morgan fingerprint density at radius 2 is 1.86 bits per heavy atom. The number of likely N-dealkylation sites (tertiary alicyclic amines) is 1. The van der Waals surface area contributed by atoms with Gasteiger partial charge in [0.1, 0.15) is 5.82 Å². The minimum absolute atomic E-state index is 0.140. The van der Waals surface area contributed by atoms with Crippen LogP contribution < -0.4 is 10.6 Å². The number of amides is 2. The molecule has 2 N–H and O–H groups in total. The maximum absolute atomic E-state index is 12.8. The molecule has 0 bridgehead atoms. The maximum atomic E-state index is 12.8. The number of pyridine rings is 1. The largest absolute Gasteiger partial charge is 0.416 e. The number of hydrogen-bond donors (Lipinski definition) is 2. The SMILES string of the molecule is O=C(Nc1ccc(C(F)(F)F)cc1)N1CCC(c2cc(NCc3cccnc3)n3ncc(Br)c3n2)CC1. The third-order valence-electron chi connectivity index (χ3n) is 6.31. The topological polar surface area (TPSA) is 87.5 Å². The molecule has 5 rings (SSSR count). The Bertz CT molecular complexity index is 1390. The molecule has 192 valence electrons. The standard InChI is InChI=1S/C25H23BrF3N7O/c26-20-15-32-36-22(31-14-16-2-1-9-30-13-16)12-21(34-23(20)36)17-7-10-35(11-8-17)24(37)33-19-5-3-18(4-6-19)25(27,28)29/h1-6,9,12-13,15,17,31H,7-8,10-11,14H2,(H,33,37). The van der Waals surface area contributed by atoms with Crippen molar-refractivity contribution in [2.75, 3.05) is 23.7 Å². The number of carbonyl (C=O) groups excluding carboxylic acids is 1. The first-order chi connectivity index (χ1) is 17.8. The number of rotatable bonds is 5. The molecule has 37 heavy (non-hydrogen) atoms. The van der Waals surface area contributed by atoms with Crippen molar-refractivity contribution in [3.05, 3.63) is 82.3 Å². The van der Waals surface area contributed by atoms with E-state index in [0.29, 0.717) is 43.8 Å². The van der Waals surface area contributed by atoms with Crippen molar-refractivity contribution in [3.63, 3.8) is 0 Å². The lowest BCUT2D eigenvalue weighted by atomic mass is 9.93. The molecular formula is C25H23BrF3N7O. The fourth-order valence-electron chi connectivity index (χ4n) is 4.31. The van der Waals surface area contributed by atoms with Crippen molar-refractivity contribution in [3.8, 4) is 0 Å². The van der Waals surface area contributed by atoms with Gasteiger partial charge in [-0.25, -0.2) is 9.78 Å². The summed E-state index contributed by atoms with van der Waals surface area (Å²) in [5.41, 5.74) is 2.21. The highest BCUT2D eigenvalue weighted by Gasteiger charge is 2.30. The van der Waals surface area contributed by atoms with Crippen molar-refractivity contribution in [2.24, 2.45) is 0 Å². The van der Waals surface area contributed by atoms with E-state index in [-0.39, 0.29) is 11.9 Å². The Morgan fingerprint density at radius 1 is 1.11 bits per heavy atom. The first kappa shape index (κ1) is 25.0. The van der Waals surface area contributed by atoms with Crippen LogP contribution in [0.1, 0.15) is 35.6 Å². The second-order valence-corrected chi connectivity index (χ2v) is 9.63. The summed E-state index contributed by atoms with van der Waals surface area (Å²) in [5, 5.41) is 10.5. The van der Waals surface area contributed by atoms with Crippen molar-refractivity contribution in [1.82, 2.24) is 24.5 Å². The van der Waals surface area contributed by atoms with Crippen LogP contribution in [-0.4, -0.2) is 43.6 Å². The van der Waals surface area contributed by atoms with Crippen molar-refractivity contribution in [1.29, 1.82) is 0 Å². The zero-order valence-corrected chi connectivity index (χ0v) is 21.1. The van der Waals surface area contributed by atoms with Crippen LogP contribution in [0, 0.1) is 0 Å². The number of urea groups is 1. The number of nitrogens with zero attached hydrogens (tertiary/aromatic N) is 5. The predicted octanol–water partition coefficient (Wildman–Crippen LogP) is 5.93. The molecule has 0 aliphatic carbocycles. The smallest absolute Gasteiger partial charge is 0.366 e. The lowest BCUT2D eigenvalue weighted by Gasteiger charge is -2.32. The molecule has 3 aromatic heterocycles. The normalized spacial score (nSPS) is 14.6. The number of fused-ring (bicyclic) bond motifs is 1. The van der Waals surface area contributed by atoms with Crippen LogP contribution in [-0.2, 0) is 12.7 Å². The van der Waals surface area contributed by atoms with Gasteiger partial charge in [-0.1, -0.05) is 6.07 Å². The Labute approximate surface area is 219 Å². The van der Waals surface area contributed by atoms with Gasteiger partial charge in [0.25, 0.3) is 0 Å². The zero-order chi connectivity index (χ0) is 26.0. The third kappa shape index (κ3) is 5.68. The molecule has 1 aliphatic rings. The number of hydrogen-bond acceptors (Lipinski definition) is 5. The molecule has 8 nitrogen and oxygen atoms in total. The highest BCUT2D eigenvalue weighted by atomic mass is 79.9. The van der Waals surface area contributed by atoms with Gasteiger partial charge in [-0.2, -0.15) is 22.8 Å². The molecule has 0 spiro atoms. The van der Waals surface area contributed by atoms with Crippen LogP contribution in [0.25, 0.3) is 5.65 Å². The van der Waals surface area contributed by atoms with Gasteiger partial charge >= 0.3 is 12.2 Å². The number of halogens is 4. The summed E-state index contributed by atoms with van der Waals surface area (Å²) in [6, 6.07) is 9.97. The summed E-state index contributed by atoms with van der Waals surface area (Å²) >= 11 is 3.52. The second-order valence-electron chi connectivity index (χ2n) is 8.78. The molecule has 0 atom stereocenters. The lowest BCUT2D eigenvalue weighted by Crippen LogP contribution is -2.40. The number of nitrogens with one attached hydrogen (secondary N) is 2.